The maximum Gasteiger partial charge on any atom is 0.159 e. The number of para-hydroxylation sites is 3. The zero-order valence-electron chi connectivity index (χ0n) is 12.8. The number of hydrogen-bond donors (Lipinski definition) is 1. The molecule has 0 atom stereocenters. The van der Waals surface area contributed by atoms with Crippen LogP contribution in [0.3, 0.4) is 0 Å². The summed E-state index contributed by atoms with van der Waals surface area (Å²) in [5.41, 5.74) is 7.80. The summed E-state index contributed by atoms with van der Waals surface area (Å²) in [4.78, 5) is 4.37. The number of methoxy groups -OCH3 is 1. The molecule has 0 bridgehead atoms. The quantitative estimate of drug-likeness (QED) is 0.501. The number of thioether (sulfide) groups is 1. The lowest BCUT2D eigenvalue weighted by atomic mass is 10.2. The average Bonchev–Trinajstić information content (AvgIpc) is 2.53. The molecule has 2 aromatic rings. The molecule has 5 heteroatoms. The van der Waals surface area contributed by atoms with Gasteiger partial charge < -0.3 is 15.2 Å². The van der Waals surface area contributed by atoms with Gasteiger partial charge in [0.2, 0.25) is 0 Å². The third kappa shape index (κ3) is 4.70. The molecule has 0 aromatic heterocycles. The van der Waals surface area contributed by atoms with E-state index < -0.39 is 0 Å². The van der Waals surface area contributed by atoms with Crippen molar-refractivity contribution in [1.82, 2.24) is 0 Å². The third-order valence-electron chi connectivity index (χ3n) is 3.00. The fourth-order valence-corrected chi connectivity index (χ4v) is 2.43. The van der Waals surface area contributed by atoms with Crippen molar-refractivity contribution in [1.29, 1.82) is 0 Å². The zero-order chi connectivity index (χ0) is 15.8. The Labute approximate surface area is 135 Å². The fraction of sp³-hybridized carbons (Fsp3) is 0.235. The highest BCUT2D eigenvalue weighted by Gasteiger charge is 2.02. The Morgan fingerprint density at radius 3 is 2.50 bits per heavy atom. The van der Waals surface area contributed by atoms with E-state index in [-0.39, 0.29) is 0 Å². The van der Waals surface area contributed by atoms with Gasteiger partial charge >= 0.3 is 0 Å². The molecular formula is C17H20N2O2S. The Balaban J connectivity index is 1.84. The minimum absolute atomic E-state index is 0.498. The minimum atomic E-state index is 0.498. The number of hydrogen-bond acceptors (Lipinski definition) is 4. The van der Waals surface area contributed by atoms with Crippen LogP contribution >= 0.6 is 11.8 Å². The second-order valence-electron chi connectivity index (χ2n) is 4.58. The van der Waals surface area contributed by atoms with Gasteiger partial charge in [-0.2, -0.15) is 0 Å². The Kier molecular flexibility index (Phi) is 6.15. The summed E-state index contributed by atoms with van der Waals surface area (Å²) < 4.78 is 11.0. The molecule has 0 saturated heterocycles. The third-order valence-corrected chi connectivity index (χ3v) is 3.76. The standard InChI is InChI=1S/C17H20N2O2S/c1-13-7-3-5-9-15(13)21-11-12-22-17(18)19-14-8-4-6-10-16(14)20-2/h3-10H,11-12H2,1-2H3,(H2,18,19). The van der Waals surface area contributed by atoms with E-state index in [1.807, 2.05) is 55.5 Å². The van der Waals surface area contributed by atoms with Crippen LogP contribution in [0.2, 0.25) is 0 Å². The van der Waals surface area contributed by atoms with Crippen LogP contribution < -0.4 is 15.2 Å². The molecule has 22 heavy (non-hydrogen) atoms. The first-order chi connectivity index (χ1) is 10.7. The van der Waals surface area contributed by atoms with Gasteiger partial charge in [0, 0.05) is 5.75 Å². The van der Waals surface area contributed by atoms with E-state index in [0.29, 0.717) is 17.5 Å². The fourth-order valence-electron chi connectivity index (χ4n) is 1.89. The smallest absolute Gasteiger partial charge is 0.159 e. The molecule has 2 rings (SSSR count). The van der Waals surface area contributed by atoms with E-state index >= 15 is 0 Å². The van der Waals surface area contributed by atoms with Crippen LogP contribution in [0, 0.1) is 6.92 Å². The average molecular weight is 316 g/mol. The molecule has 0 fully saturated rings. The van der Waals surface area contributed by atoms with Crippen LogP contribution in [-0.4, -0.2) is 24.6 Å². The van der Waals surface area contributed by atoms with Crippen molar-refractivity contribution in [2.75, 3.05) is 19.5 Å². The Morgan fingerprint density at radius 1 is 1.09 bits per heavy atom. The second-order valence-corrected chi connectivity index (χ2v) is 5.70. The number of nitrogens with two attached hydrogens (primary N) is 1. The molecule has 0 radical (unpaired) electrons. The molecule has 0 amide bonds. The van der Waals surface area contributed by atoms with E-state index in [9.17, 15) is 0 Å². The van der Waals surface area contributed by atoms with E-state index in [1.54, 1.807) is 7.11 Å². The Morgan fingerprint density at radius 2 is 1.77 bits per heavy atom. The van der Waals surface area contributed by atoms with Crippen molar-refractivity contribution < 1.29 is 9.47 Å². The lowest BCUT2D eigenvalue weighted by Crippen LogP contribution is -2.10. The topological polar surface area (TPSA) is 56.8 Å². The summed E-state index contributed by atoms with van der Waals surface area (Å²) in [6.07, 6.45) is 0. The van der Waals surface area contributed by atoms with Crippen molar-refractivity contribution in [2.45, 2.75) is 6.92 Å². The van der Waals surface area contributed by atoms with E-state index in [0.717, 1.165) is 22.8 Å². The van der Waals surface area contributed by atoms with Gasteiger partial charge in [-0.1, -0.05) is 42.1 Å². The number of ether oxygens (including phenoxy) is 2. The first-order valence-corrected chi connectivity index (χ1v) is 7.97. The maximum atomic E-state index is 5.94. The van der Waals surface area contributed by atoms with Crippen molar-refractivity contribution in [3.05, 3.63) is 54.1 Å². The van der Waals surface area contributed by atoms with E-state index in [4.69, 9.17) is 15.2 Å². The first kappa shape index (κ1) is 16.2. The first-order valence-electron chi connectivity index (χ1n) is 6.99. The van der Waals surface area contributed by atoms with Crippen LogP contribution in [0.1, 0.15) is 5.56 Å². The summed E-state index contributed by atoms with van der Waals surface area (Å²) in [7, 11) is 1.62. The van der Waals surface area contributed by atoms with Crippen molar-refractivity contribution in [2.24, 2.45) is 10.7 Å². The molecule has 0 aliphatic carbocycles. The van der Waals surface area contributed by atoms with Gasteiger partial charge in [0.15, 0.2) is 5.17 Å². The molecule has 116 valence electrons. The molecule has 2 aromatic carbocycles. The number of nitrogens with zero attached hydrogens (tertiary/aromatic N) is 1. The van der Waals surface area contributed by atoms with Crippen molar-refractivity contribution in [3.8, 4) is 11.5 Å². The summed E-state index contributed by atoms with van der Waals surface area (Å²) in [6.45, 7) is 2.61. The van der Waals surface area contributed by atoms with Crippen LogP contribution in [-0.2, 0) is 0 Å². The minimum Gasteiger partial charge on any atom is -0.494 e. The molecular weight excluding hydrogens is 296 g/mol. The van der Waals surface area contributed by atoms with Gasteiger partial charge in [0.05, 0.1) is 13.7 Å². The highest BCUT2D eigenvalue weighted by Crippen LogP contribution is 2.27. The van der Waals surface area contributed by atoms with Crippen LogP contribution in [0.5, 0.6) is 11.5 Å². The van der Waals surface area contributed by atoms with Crippen LogP contribution in [0.15, 0.2) is 53.5 Å². The Hall–Kier alpha value is -2.14. The van der Waals surface area contributed by atoms with Crippen molar-refractivity contribution >= 4 is 22.6 Å². The monoisotopic (exact) mass is 316 g/mol. The van der Waals surface area contributed by atoms with Gasteiger partial charge in [-0.25, -0.2) is 4.99 Å². The molecule has 0 saturated carbocycles. The van der Waals surface area contributed by atoms with Gasteiger partial charge in [-0.15, -0.1) is 0 Å². The predicted molar refractivity (Wildman–Crippen MR) is 93.4 cm³/mol. The molecule has 2 N–H and O–H groups in total. The normalized spacial score (nSPS) is 11.3. The lowest BCUT2D eigenvalue weighted by Gasteiger charge is -2.08. The lowest BCUT2D eigenvalue weighted by molar-refractivity contribution is 0.342. The molecule has 4 nitrogen and oxygen atoms in total. The summed E-state index contributed by atoms with van der Waals surface area (Å²) in [6, 6.07) is 15.5. The predicted octanol–water partition coefficient (Wildman–Crippen LogP) is 3.76. The summed E-state index contributed by atoms with van der Waals surface area (Å²) in [5, 5.41) is 0.498. The molecule has 0 unspecified atom stereocenters. The number of amidine groups is 1. The number of aryl methyl sites for hydroxylation is 1. The van der Waals surface area contributed by atoms with Gasteiger partial charge in [-0.3, -0.25) is 0 Å². The molecule has 0 spiro atoms. The van der Waals surface area contributed by atoms with Gasteiger partial charge in [-0.05, 0) is 30.7 Å². The van der Waals surface area contributed by atoms with Gasteiger partial charge in [0.25, 0.3) is 0 Å². The number of rotatable bonds is 6. The highest BCUT2D eigenvalue weighted by molar-refractivity contribution is 8.13. The number of benzene rings is 2. The Bertz CT molecular complexity index is 644. The summed E-state index contributed by atoms with van der Waals surface area (Å²) >= 11 is 1.46. The molecule has 0 aliphatic rings. The number of aliphatic imine (C=N–C) groups is 1. The maximum absolute atomic E-state index is 5.94. The highest BCUT2D eigenvalue weighted by atomic mass is 32.2. The van der Waals surface area contributed by atoms with Crippen LogP contribution in [0.25, 0.3) is 0 Å². The summed E-state index contributed by atoms with van der Waals surface area (Å²) in [5.74, 6) is 2.35. The van der Waals surface area contributed by atoms with E-state index in [2.05, 4.69) is 4.99 Å². The molecule has 0 heterocycles. The SMILES string of the molecule is COc1ccccc1N=C(N)SCCOc1ccccc1C. The molecule has 0 aliphatic heterocycles. The van der Waals surface area contributed by atoms with E-state index in [1.165, 1.54) is 11.8 Å². The zero-order valence-corrected chi connectivity index (χ0v) is 13.6. The largest absolute Gasteiger partial charge is 0.494 e. The second kappa shape index (κ2) is 8.34. The van der Waals surface area contributed by atoms with Gasteiger partial charge in [0.1, 0.15) is 17.2 Å². The van der Waals surface area contributed by atoms with Crippen LogP contribution in [0.4, 0.5) is 5.69 Å². The van der Waals surface area contributed by atoms with Crippen molar-refractivity contribution in [3.63, 3.8) is 0 Å².